The van der Waals surface area contributed by atoms with Gasteiger partial charge in [0.2, 0.25) is 0 Å². The van der Waals surface area contributed by atoms with Gasteiger partial charge in [-0.25, -0.2) is 4.79 Å². The summed E-state index contributed by atoms with van der Waals surface area (Å²) < 4.78 is 0. The molecule has 2 aromatic rings. The van der Waals surface area contributed by atoms with Crippen LogP contribution in [0.25, 0.3) is 11.1 Å². The van der Waals surface area contributed by atoms with E-state index in [1.165, 1.54) is 24.4 Å². The second-order valence-corrected chi connectivity index (χ2v) is 3.45. The molecule has 0 atom stereocenters. The predicted octanol–water partition coefficient (Wildman–Crippen LogP) is 1.45. The van der Waals surface area contributed by atoms with Crippen LogP contribution in [0, 0.1) is 0 Å². The highest BCUT2D eigenvalue weighted by Gasteiger charge is 2.15. The molecule has 86 valence electrons. The molecule has 0 fully saturated rings. The average molecular weight is 231 g/mol. The Bertz CT molecular complexity index is 630. The first kappa shape index (κ1) is 10.9. The van der Waals surface area contributed by atoms with Gasteiger partial charge in [0.05, 0.1) is 0 Å². The van der Waals surface area contributed by atoms with Gasteiger partial charge in [-0.2, -0.15) is 0 Å². The number of pyridine rings is 1. The maximum Gasteiger partial charge on any atom is 0.341 e. The zero-order valence-corrected chi connectivity index (χ0v) is 8.68. The number of phenols is 1. The smallest absolute Gasteiger partial charge is 0.341 e. The molecule has 1 aromatic heterocycles. The van der Waals surface area contributed by atoms with Crippen molar-refractivity contribution in [3.05, 3.63) is 52.4 Å². The number of carboxylic acids is 1. The van der Waals surface area contributed by atoms with Gasteiger partial charge in [0.1, 0.15) is 11.3 Å². The van der Waals surface area contributed by atoms with Gasteiger partial charge in [-0.3, -0.25) is 4.79 Å². The fraction of sp³-hybridized carbons (Fsp3) is 0. The minimum Gasteiger partial charge on any atom is -0.508 e. The van der Waals surface area contributed by atoms with Crippen LogP contribution < -0.4 is 5.56 Å². The fourth-order valence-electron chi connectivity index (χ4n) is 1.60. The first-order chi connectivity index (χ1) is 8.09. The molecule has 1 heterocycles. The Hall–Kier alpha value is -2.56. The summed E-state index contributed by atoms with van der Waals surface area (Å²) in [5.41, 5.74) is -0.248. The van der Waals surface area contributed by atoms with Crippen molar-refractivity contribution in [3.8, 4) is 16.9 Å². The van der Waals surface area contributed by atoms with Crippen LogP contribution in [-0.2, 0) is 0 Å². The molecule has 0 spiro atoms. The van der Waals surface area contributed by atoms with E-state index in [2.05, 4.69) is 4.98 Å². The van der Waals surface area contributed by atoms with Crippen LogP contribution in [0.4, 0.5) is 0 Å². The Balaban J connectivity index is 2.72. The molecule has 0 unspecified atom stereocenters. The minimum absolute atomic E-state index is 0.0131. The first-order valence-corrected chi connectivity index (χ1v) is 4.84. The molecule has 0 saturated heterocycles. The average Bonchev–Trinajstić information content (AvgIpc) is 2.28. The number of aromatic hydroxyl groups is 1. The summed E-state index contributed by atoms with van der Waals surface area (Å²) in [7, 11) is 0. The molecule has 5 nitrogen and oxygen atoms in total. The Morgan fingerprint density at radius 3 is 2.65 bits per heavy atom. The number of H-pyrrole nitrogens is 1. The van der Waals surface area contributed by atoms with E-state index in [1.54, 1.807) is 12.1 Å². The predicted molar refractivity (Wildman–Crippen MR) is 61.1 cm³/mol. The van der Waals surface area contributed by atoms with Crippen LogP contribution in [0.5, 0.6) is 5.75 Å². The van der Waals surface area contributed by atoms with Gasteiger partial charge >= 0.3 is 5.97 Å². The Morgan fingerprint density at radius 2 is 2.00 bits per heavy atom. The van der Waals surface area contributed by atoms with Crippen LogP contribution in [0.1, 0.15) is 10.4 Å². The number of aromatic nitrogens is 1. The lowest BCUT2D eigenvalue weighted by molar-refractivity contribution is 0.0696. The summed E-state index contributed by atoms with van der Waals surface area (Å²) in [5.74, 6) is -1.29. The number of aromatic amines is 1. The lowest BCUT2D eigenvalue weighted by Crippen LogP contribution is -2.18. The highest BCUT2D eigenvalue weighted by molar-refractivity contribution is 5.95. The van der Waals surface area contributed by atoms with Gasteiger partial charge < -0.3 is 15.2 Å². The monoisotopic (exact) mass is 231 g/mol. The van der Waals surface area contributed by atoms with Gasteiger partial charge in [-0.1, -0.05) is 12.1 Å². The molecule has 1 aromatic carbocycles. The summed E-state index contributed by atoms with van der Waals surface area (Å²) in [6.07, 6.45) is 1.37. The van der Waals surface area contributed by atoms with Gasteiger partial charge in [0, 0.05) is 11.8 Å². The van der Waals surface area contributed by atoms with E-state index in [0.717, 1.165) is 0 Å². The van der Waals surface area contributed by atoms with Crippen molar-refractivity contribution >= 4 is 5.97 Å². The number of hydrogen-bond acceptors (Lipinski definition) is 3. The topological polar surface area (TPSA) is 90.4 Å². The van der Waals surface area contributed by atoms with Crippen LogP contribution in [-0.4, -0.2) is 21.2 Å². The number of rotatable bonds is 2. The number of aromatic carboxylic acids is 1. The molecule has 3 N–H and O–H groups in total. The molecule has 0 aliphatic heterocycles. The highest BCUT2D eigenvalue weighted by atomic mass is 16.4. The third kappa shape index (κ3) is 2.03. The standard InChI is InChI=1S/C12H9NO4/c14-8-3-1-2-7(6-8)9-4-5-13-11(15)10(9)12(16)17/h1-6,14H,(H,13,15)(H,16,17). The third-order valence-corrected chi connectivity index (χ3v) is 2.33. The Labute approximate surface area is 96.0 Å². The second-order valence-electron chi connectivity index (χ2n) is 3.45. The number of carboxylic acid groups (broad SMARTS) is 1. The van der Waals surface area contributed by atoms with Gasteiger partial charge in [0.15, 0.2) is 0 Å². The van der Waals surface area contributed by atoms with Gasteiger partial charge in [0.25, 0.3) is 5.56 Å². The normalized spacial score (nSPS) is 10.1. The molecule has 0 amide bonds. The summed E-state index contributed by atoms with van der Waals surface area (Å²) in [6, 6.07) is 7.57. The molecule has 5 heteroatoms. The molecule has 0 saturated carbocycles. The second kappa shape index (κ2) is 4.13. The molecular weight excluding hydrogens is 222 g/mol. The van der Waals surface area contributed by atoms with Crippen LogP contribution in [0.3, 0.4) is 0 Å². The van der Waals surface area contributed by atoms with Crippen LogP contribution in [0.2, 0.25) is 0 Å². The minimum atomic E-state index is -1.30. The molecule has 0 bridgehead atoms. The molecular formula is C12H9NO4. The van der Waals surface area contributed by atoms with Crippen LogP contribution in [0.15, 0.2) is 41.3 Å². The fourth-order valence-corrected chi connectivity index (χ4v) is 1.60. The summed E-state index contributed by atoms with van der Waals surface area (Å²) in [5, 5.41) is 18.3. The SMILES string of the molecule is O=C(O)c1c(-c2cccc(O)c2)cc[nH]c1=O. The van der Waals surface area contributed by atoms with Gasteiger partial charge in [-0.15, -0.1) is 0 Å². The van der Waals surface area contributed by atoms with E-state index in [1.807, 2.05) is 0 Å². The van der Waals surface area contributed by atoms with E-state index in [-0.39, 0.29) is 16.9 Å². The quantitative estimate of drug-likeness (QED) is 0.729. The van der Waals surface area contributed by atoms with Crippen molar-refractivity contribution in [2.45, 2.75) is 0 Å². The lowest BCUT2D eigenvalue weighted by atomic mass is 10.0. The van der Waals surface area contributed by atoms with Crippen molar-refractivity contribution in [1.29, 1.82) is 0 Å². The summed E-state index contributed by atoms with van der Waals surface area (Å²) in [6.45, 7) is 0. The van der Waals surface area contributed by atoms with E-state index in [4.69, 9.17) is 5.11 Å². The number of carbonyl (C=O) groups is 1. The van der Waals surface area contributed by atoms with E-state index in [0.29, 0.717) is 5.56 Å². The number of nitrogens with one attached hydrogen (secondary N) is 1. The highest BCUT2D eigenvalue weighted by Crippen LogP contribution is 2.24. The lowest BCUT2D eigenvalue weighted by Gasteiger charge is -2.05. The van der Waals surface area contributed by atoms with Crippen molar-refractivity contribution in [2.24, 2.45) is 0 Å². The van der Waals surface area contributed by atoms with Crippen molar-refractivity contribution in [3.63, 3.8) is 0 Å². The van der Waals surface area contributed by atoms with E-state index < -0.39 is 11.5 Å². The van der Waals surface area contributed by atoms with Crippen molar-refractivity contribution < 1.29 is 15.0 Å². The molecule has 2 rings (SSSR count). The van der Waals surface area contributed by atoms with E-state index >= 15 is 0 Å². The number of phenolic OH excluding ortho intramolecular Hbond substituents is 1. The Kier molecular flexibility index (Phi) is 2.66. The Morgan fingerprint density at radius 1 is 1.24 bits per heavy atom. The van der Waals surface area contributed by atoms with Crippen LogP contribution >= 0.6 is 0 Å². The maximum absolute atomic E-state index is 11.4. The third-order valence-electron chi connectivity index (χ3n) is 2.33. The summed E-state index contributed by atoms with van der Waals surface area (Å²) >= 11 is 0. The van der Waals surface area contributed by atoms with Crippen molar-refractivity contribution in [1.82, 2.24) is 4.98 Å². The molecule has 0 radical (unpaired) electrons. The maximum atomic E-state index is 11.4. The summed E-state index contributed by atoms with van der Waals surface area (Å²) in [4.78, 5) is 24.8. The molecule has 17 heavy (non-hydrogen) atoms. The first-order valence-electron chi connectivity index (χ1n) is 4.84. The van der Waals surface area contributed by atoms with E-state index in [9.17, 15) is 14.7 Å². The van der Waals surface area contributed by atoms with Gasteiger partial charge in [-0.05, 0) is 23.8 Å². The largest absolute Gasteiger partial charge is 0.508 e. The molecule has 0 aliphatic rings. The van der Waals surface area contributed by atoms with Crippen molar-refractivity contribution in [2.75, 3.05) is 0 Å². The number of benzene rings is 1. The zero-order valence-electron chi connectivity index (χ0n) is 8.68. The zero-order chi connectivity index (χ0) is 12.4. The molecule has 0 aliphatic carbocycles. The number of hydrogen-bond donors (Lipinski definition) is 3.